The topological polar surface area (TPSA) is 38.5 Å². The fraction of sp³-hybridized carbons (Fsp3) is 0.600. The molecule has 0 aromatic heterocycles. The maximum Gasteiger partial charge on any atom is 0.0589 e. The van der Waals surface area contributed by atoms with Crippen LogP contribution < -0.4 is 5.73 Å². The third-order valence-electron chi connectivity index (χ3n) is 3.53. The van der Waals surface area contributed by atoms with Crippen molar-refractivity contribution in [3.63, 3.8) is 0 Å². The van der Waals surface area contributed by atoms with Gasteiger partial charge in [-0.05, 0) is 37.1 Å². The van der Waals surface area contributed by atoms with Crippen LogP contribution in [0.1, 0.15) is 29.7 Å². The molecule has 0 bridgehead atoms. The van der Waals surface area contributed by atoms with Crippen LogP contribution in [0.25, 0.3) is 0 Å². The summed E-state index contributed by atoms with van der Waals surface area (Å²) in [5.41, 5.74) is 10.0. The summed E-state index contributed by atoms with van der Waals surface area (Å²) in [5, 5.41) is 0. The molecule has 0 fully saturated rings. The van der Waals surface area contributed by atoms with E-state index in [1.54, 1.807) is 7.11 Å². The van der Waals surface area contributed by atoms with Gasteiger partial charge in [-0.15, -0.1) is 0 Å². The molecule has 1 atom stereocenters. The minimum atomic E-state index is 0.284. The summed E-state index contributed by atoms with van der Waals surface area (Å²) in [6, 6.07) is 6.71. The number of methoxy groups -OCH3 is 1. The average molecular weight is 250 g/mol. The fourth-order valence-electron chi connectivity index (χ4n) is 2.55. The first kappa shape index (κ1) is 15.2. The van der Waals surface area contributed by atoms with Gasteiger partial charge < -0.3 is 10.5 Å². The fourth-order valence-corrected chi connectivity index (χ4v) is 2.55. The van der Waals surface area contributed by atoms with E-state index in [0.717, 1.165) is 19.7 Å². The zero-order chi connectivity index (χ0) is 13.5. The molecule has 18 heavy (non-hydrogen) atoms. The molecule has 0 saturated heterocycles. The van der Waals surface area contributed by atoms with Gasteiger partial charge in [-0.2, -0.15) is 0 Å². The van der Waals surface area contributed by atoms with Crippen molar-refractivity contribution in [3.05, 3.63) is 34.9 Å². The van der Waals surface area contributed by atoms with Crippen LogP contribution in [-0.2, 0) is 4.74 Å². The first-order valence-corrected chi connectivity index (χ1v) is 6.64. The number of rotatable bonds is 7. The molecule has 1 unspecified atom stereocenters. The summed E-state index contributed by atoms with van der Waals surface area (Å²) in [6.07, 6.45) is 0. The van der Waals surface area contributed by atoms with E-state index < -0.39 is 0 Å². The molecule has 0 heterocycles. The Kier molecular flexibility index (Phi) is 6.33. The second kappa shape index (κ2) is 7.52. The number of nitrogens with zero attached hydrogens (tertiary/aromatic N) is 1. The number of likely N-dealkylation sites (N-methyl/N-ethyl adjacent to an activating group) is 1. The number of aryl methyl sites for hydroxylation is 2. The molecule has 0 amide bonds. The minimum Gasteiger partial charge on any atom is -0.383 e. The molecule has 1 aromatic carbocycles. The summed E-state index contributed by atoms with van der Waals surface area (Å²) in [7, 11) is 1.74. The van der Waals surface area contributed by atoms with Gasteiger partial charge in [-0.25, -0.2) is 0 Å². The largest absolute Gasteiger partial charge is 0.383 e. The minimum absolute atomic E-state index is 0.284. The molecule has 1 aromatic rings. The molecule has 3 nitrogen and oxygen atoms in total. The van der Waals surface area contributed by atoms with Gasteiger partial charge in [0.15, 0.2) is 0 Å². The highest BCUT2D eigenvalue weighted by atomic mass is 16.5. The van der Waals surface area contributed by atoms with Crippen LogP contribution in [0, 0.1) is 13.8 Å². The third kappa shape index (κ3) is 3.55. The molecule has 1 rings (SSSR count). The number of hydrogen-bond acceptors (Lipinski definition) is 3. The summed E-state index contributed by atoms with van der Waals surface area (Å²) >= 11 is 0. The first-order chi connectivity index (χ1) is 8.65. The summed E-state index contributed by atoms with van der Waals surface area (Å²) in [5.74, 6) is 0. The van der Waals surface area contributed by atoms with Crippen LogP contribution >= 0.6 is 0 Å². The maximum atomic E-state index is 6.01. The Labute approximate surface area is 111 Å². The summed E-state index contributed by atoms with van der Waals surface area (Å²) in [6.45, 7) is 9.79. The van der Waals surface area contributed by atoms with Crippen LogP contribution in [0.5, 0.6) is 0 Å². The highest BCUT2D eigenvalue weighted by Gasteiger charge is 2.20. The van der Waals surface area contributed by atoms with Crippen LogP contribution in [0.4, 0.5) is 0 Å². The highest BCUT2D eigenvalue weighted by Crippen LogP contribution is 2.26. The van der Waals surface area contributed by atoms with Gasteiger partial charge in [-0.3, -0.25) is 4.90 Å². The molecule has 0 aliphatic heterocycles. The van der Waals surface area contributed by atoms with Gasteiger partial charge in [0, 0.05) is 26.2 Å². The second-order valence-corrected chi connectivity index (χ2v) is 4.68. The standard InChI is InChI=1S/C15H26N2O/c1-5-17(9-10-18-4)14(11-16)15-12(2)7-6-8-13(15)3/h6-8,14H,5,9-11,16H2,1-4H3. The van der Waals surface area contributed by atoms with Crippen LogP contribution in [0.15, 0.2) is 18.2 Å². The second-order valence-electron chi connectivity index (χ2n) is 4.68. The first-order valence-electron chi connectivity index (χ1n) is 6.64. The molecule has 3 heteroatoms. The number of ether oxygens (including phenoxy) is 1. The van der Waals surface area contributed by atoms with Crippen molar-refractivity contribution in [2.75, 3.05) is 33.4 Å². The lowest BCUT2D eigenvalue weighted by Crippen LogP contribution is -2.36. The SMILES string of the molecule is CCN(CCOC)C(CN)c1c(C)cccc1C. The predicted octanol–water partition coefficient (Wildman–Crippen LogP) is 2.27. The van der Waals surface area contributed by atoms with Crippen molar-refractivity contribution < 1.29 is 4.74 Å². The van der Waals surface area contributed by atoms with E-state index in [2.05, 4.69) is 43.9 Å². The Hall–Kier alpha value is -0.900. The Morgan fingerprint density at radius 1 is 1.28 bits per heavy atom. The van der Waals surface area contributed by atoms with Crippen molar-refractivity contribution in [1.29, 1.82) is 0 Å². The lowest BCUT2D eigenvalue weighted by atomic mass is 9.95. The van der Waals surface area contributed by atoms with Crippen molar-refractivity contribution in [2.45, 2.75) is 26.8 Å². The van der Waals surface area contributed by atoms with Gasteiger partial charge in [-0.1, -0.05) is 25.1 Å². The smallest absolute Gasteiger partial charge is 0.0589 e. The van der Waals surface area contributed by atoms with E-state index in [1.165, 1.54) is 16.7 Å². The van der Waals surface area contributed by atoms with Gasteiger partial charge in [0.05, 0.1) is 6.61 Å². The van der Waals surface area contributed by atoms with E-state index in [9.17, 15) is 0 Å². The van der Waals surface area contributed by atoms with Crippen LogP contribution in [0.2, 0.25) is 0 Å². The molecule has 0 saturated carbocycles. The van der Waals surface area contributed by atoms with Crippen molar-refractivity contribution >= 4 is 0 Å². The quantitative estimate of drug-likeness (QED) is 0.807. The van der Waals surface area contributed by atoms with Gasteiger partial charge in [0.2, 0.25) is 0 Å². The van der Waals surface area contributed by atoms with Gasteiger partial charge in [0.25, 0.3) is 0 Å². The van der Waals surface area contributed by atoms with Crippen LogP contribution in [0.3, 0.4) is 0 Å². The van der Waals surface area contributed by atoms with Crippen molar-refractivity contribution in [2.24, 2.45) is 5.73 Å². The van der Waals surface area contributed by atoms with Gasteiger partial charge >= 0.3 is 0 Å². The Balaban J connectivity index is 2.99. The molecular formula is C15H26N2O. The molecule has 0 aliphatic carbocycles. The zero-order valence-corrected chi connectivity index (χ0v) is 12.1. The monoisotopic (exact) mass is 250 g/mol. The van der Waals surface area contributed by atoms with E-state index in [1.807, 2.05) is 0 Å². The van der Waals surface area contributed by atoms with E-state index in [4.69, 9.17) is 10.5 Å². The maximum absolute atomic E-state index is 6.01. The van der Waals surface area contributed by atoms with Crippen molar-refractivity contribution in [3.8, 4) is 0 Å². The molecule has 0 aliphatic rings. The number of nitrogens with two attached hydrogens (primary N) is 1. The predicted molar refractivity (Wildman–Crippen MR) is 76.8 cm³/mol. The van der Waals surface area contributed by atoms with Crippen LogP contribution in [-0.4, -0.2) is 38.3 Å². The summed E-state index contributed by atoms with van der Waals surface area (Å²) < 4.78 is 5.18. The van der Waals surface area contributed by atoms with Gasteiger partial charge in [0.1, 0.15) is 0 Å². The Morgan fingerprint density at radius 3 is 2.33 bits per heavy atom. The van der Waals surface area contributed by atoms with E-state index in [-0.39, 0.29) is 6.04 Å². The third-order valence-corrected chi connectivity index (χ3v) is 3.53. The summed E-state index contributed by atoms with van der Waals surface area (Å²) in [4.78, 5) is 2.39. The lowest BCUT2D eigenvalue weighted by molar-refractivity contribution is 0.125. The normalized spacial score (nSPS) is 13.0. The Bertz CT molecular complexity index is 345. The van der Waals surface area contributed by atoms with Crippen molar-refractivity contribution in [1.82, 2.24) is 4.90 Å². The highest BCUT2D eigenvalue weighted by molar-refractivity contribution is 5.36. The average Bonchev–Trinajstić information content (AvgIpc) is 2.36. The molecule has 102 valence electrons. The number of hydrogen-bond donors (Lipinski definition) is 1. The lowest BCUT2D eigenvalue weighted by Gasteiger charge is -2.32. The molecule has 0 radical (unpaired) electrons. The molecule has 2 N–H and O–H groups in total. The molecule has 0 spiro atoms. The zero-order valence-electron chi connectivity index (χ0n) is 12.1. The van der Waals surface area contributed by atoms with E-state index >= 15 is 0 Å². The Morgan fingerprint density at radius 2 is 1.89 bits per heavy atom. The number of benzene rings is 1. The van der Waals surface area contributed by atoms with E-state index in [0.29, 0.717) is 6.54 Å². The molecular weight excluding hydrogens is 224 g/mol.